The number of hydrogen-bond acceptors (Lipinski definition) is 4. The average molecular weight is 291 g/mol. The van der Waals surface area contributed by atoms with Gasteiger partial charge in [-0.15, -0.1) is 11.3 Å². The molecule has 5 nitrogen and oxygen atoms in total. The SMILES string of the molecule is CCc1csc(NC(=O)NC(CO)c2ccccc2)n1. The maximum Gasteiger partial charge on any atom is 0.321 e. The van der Waals surface area contributed by atoms with Crippen LogP contribution in [0.3, 0.4) is 0 Å². The number of nitrogens with zero attached hydrogens (tertiary/aromatic N) is 1. The molecule has 1 atom stereocenters. The molecule has 0 fully saturated rings. The maximum atomic E-state index is 11.9. The van der Waals surface area contributed by atoms with Gasteiger partial charge in [-0.1, -0.05) is 37.3 Å². The van der Waals surface area contributed by atoms with Crippen molar-refractivity contribution in [1.29, 1.82) is 0 Å². The van der Waals surface area contributed by atoms with E-state index in [1.165, 1.54) is 11.3 Å². The highest BCUT2D eigenvalue weighted by molar-refractivity contribution is 7.13. The third-order valence-corrected chi connectivity index (χ3v) is 3.63. The van der Waals surface area contributed by atoms with Crippen molar-refractivity contribution >= 4 is 22.5 Å². The van der Waals surface area contributed by atoms with Gasteiger partial charge in [-0.05, 0) is 12.0 Å². The van der Waals surface area contributed by atoms with Crippen molar-refractivity contribution in [3.8, 4) is 0 Å². The molecule has 1 heterocycles. The zero-order chi connectivity index (χ0) is 14.4. The van der Waals surface area contributed by atoms with E-state index in [9.17, 15) is 9.90 Å². The third-order valence-electron chi connectivity index (χ3n) is 2.82. The molecule has 0 radical (unpaired) electrons. The smallest absolute Gasteiger partial charge is 0.321 e. The number of nitrogens with one attached hydrogen (secondary N) is 2. The topological polar surface area (TPSA) is 74.2 Å². The van der Waals surface area contributed by atoms with Crippen LogP contribution in [0.2, 0.25) is 0 Å². The maximum absolute atomic E-state index is 11.9. The predicted molar refractivity (Wildman–Crippen MR) is 79.9 cm³/mol. The lowest BCUT2D eigenvalue weighted by Crippen LogP contribution is -2.34. The van der Waals surface area contributed by atoms with Gasteiger partial charge >= 0.3 is 6.03 Å². The summed E-state index contributed by atoms with van der Waals surface area (Å²) in [5.41, 5.74) is 1.81. The highest BCUT2D eigenvalue weighted by Gasteiger charge is 2.14. The Kier molecular flexibility index (Phi) is 5.09. The molecular formula is C14H17N3O2S. The molecule has 1 aromatic heterocycles. The quantitative estimate of drug-likeness (QED) is 0.792. The zero-order valence-electron chi connectivity index (χ0n) is 11.2. The predicted octanol–water partition coefficient (Wildman–Crippen LogP) is 2.56. The third kappa shape index (κ3) is 3.79. The second-order valence-corrected chi connectivity index (χ2v) is 5.10. The summed E-state index contributed by atoms with van der Waals surface area (Å²) in [4.78, 5) is 16.1. The van der Waals surface area contributed by atoms with Crippen LogP contribution < -0.4 is 10.6 Å². The van der Waals surface area contributed by atoms with Crippen LogP contribution >= 0.6 is 11.3 Å². The number of aliphatic hydroxyl groups is 1. The lowest BCUT2D eigenvalue weighted by molar-refractivity contribution is 0.225. The highest BCUT2D eigenvalue weighted by atomic mass is 32.1. The van der Waals surface area contributed by atoms with Crippen molar-refractivity contribution in [3.63, 3.8) is 0 Å². The van der Waals surface area contributed by atoms with Crippen LogP contribution in [0.25, 0.3) is 0 Å². The molecule has 3 N–H and O–H groups in total. The van der Waals surface area contributed by atoms with Crippen LogP contribution in [0.15, 0.2) is 35.7 Å². The van der Waals surface area contributed by atoms with Gasteiger partial charge in [0.15, 0.2) is 5.13 Å². The van der Waals surface area contributed by atoms with Gasteiger partial charge in [-0.2, -0.15) is 0 Å². The molecule has 0 saturated carbocycles. The molecule has 6 heteroatoms. The van der Waals surface area contributed by atoms with E-state index >= 15 is 0 Å². The Bertz CT molecular complexity index is 557. The summed E-state index contributed by atoms with van der Waals surface area (Å²) in [6.07, 6.45) is 0.836. The first-order chi connectivity index (χ1) is 9.72. The molecule has 0 aliphatic rings. The normalized spacial score (nSPS) is 11.9. The number of aliphatic hydroxyl groups excluding tert-OH is 1. The molecule has 2 aromatic rings. The van der Waals surface area contributed by atoms with Crippen molar-refractivity contribution < 1.29 is 9.90 Å². The minimum Gasteiger partial charge on any atom is -0.394 e. The van der Waals surface area contributed by atoms with E-state index in [4.69, 9.17) is 0 Å². The number of carbonyl (C=O) groups is 1. The Labute approximate surface area is 121 Å². The molecule has 2 amide bonds. The summed E-state index contributed by atoms with van der Waals surface area (Å²) in [7, 11) is 0. The lowest BCUT2D eigenvalue weighted by atomic mass is 10.1. The Hall–Kier alpha value is -1.92. The van der Waals surface area contributed by atoms with E-state index < -0.39 is 6.04 Å². The number of carbonyl (C=O) groups excluding carboxylic acids is 1. The van der Waals surface area contributed by atoms with Gasteiger partial charge in [0.25, 0.3) is 0 Å². The van der Waals surface area contributed by atoms with Crippen LogP contribution in [0.5, 0.6) is 0 Å². The number of amides is 2. The van der Waals surface area contributed by atoms with Crippen LogP contribution in [0.4, 0.5) is 9.93 Å². The number of thiazole rings is 1. The molecule has 0 spiro atoms. The number of anilines is 1. The Morgan fingerprint density at radius 1 is 1.40 bits per heavy atom. The Morgan fingerprint density at radius 2 is 2.15 bits per heavy atom. The molecular weight excluding hydrogens is 274 g/mol. The summed E-state index contributed by atoms with van der Waals surface area (Å²) in [6.45, 7) is 1.85. The van der Waals surface area contributed by atoms with Crippen LogP contribution in [-0.2, 0) is 6.42 Å². The van der Waals surface area contributed by atoms with Crippen molar-refractivity contribution in [2.45, 2.75) is 19.4 Å². The number of aromatic nitrogens is 1. The largest absolute Gasteiger partial charge is 0.394 e. The fourth-order valence-corrected chi connectivity index (χ4v) is 2.53. The van der Waals surface area contributed by atoms with Crippen molar-refractivity contribution in [3.05, 3.63) is 47.0 Å². The number of aryl methyl sites for hydroxylation is 1. The summed E-state index contributed by atoms with van der Waals surface area (Å²) >= 11 is 1.39. The second kappa shape index (κ2) is 7.02. The first kappa shape index (κ1) is 14.5. The van der Waals surface area contributed by atoms with E-state index in [0.29, 0.717) is 5.13 Å². The minimum absolute atomic E-state index is 0.157. The van der Waals surface area contributed by atoms with Gasteiger partial charge in [0.1, 0.15) is 0 Å². The zero-order valence-corrected chi connectivity index (χ0v) is 12.0. The van der Waals surface area contributed by atoms with E-state index in [1.54, 1.807) is 0 Å². The van der Waals surface area contributed by atoms with Crippen molar-refractivity contribution in [2.75, 3.05) is 11.9 Å². The van der Waals surface area contributed by atoms with E-state index in [2.05, 4.69) is 15.6 Å². The standard InChI is InChI=1S/C14H17N3O2S/c1-2-11-9-20-14(15-11)17-13(19)16-12(8-18)10-6-4-3-5-7-10/h3-7,9,12,18H,2,8H2,1H3,(H2,15,16,17,19). The number of benzene rings is 1. The molecule has 0 aliphatic heterocycles. The second-order valence-electron chi connectivity index (χ2n) is 4.24. The monoisotopic (exact) mass is 291 g/mol. The number of urea groups is 1. The Balaban J connectivity index is 1.96. The molecule has 0 bridgehead atoms. The van der Waals surface area contributed by atoms with E-state index in [-0.39, 0.29) is 12.6 Å². The summed E-state index contributed by atoms with van der Waals surface area (Å²) in [5, 5.41) is 17.3. The van der Waals surface area contributed by atoms with Gasteiger partial charge in [0.2, 0.25) is 0 Å². The van der Waals surface area contributed by atoms with Crippen molar-refractivity contribution in [1.82, 2.24) is 10.3 Å². The molecule has 1 unspecified atom stereocenters. The van der Waals surface area contributed by atoms with Gasteiger partial charge < -0.3 is 10.4 Å². The van der Waals surface area contributed by atoms with Crippen molar-refractivity contribution in [2.24, 2.45) is 0 Å². The number of hydrogen-bond donors (Lipinski definition) is 3. The van der Waals surface area contributed by atoms with Gasteiger partial charge in [0, 0.05) is 5.38 Å². The van der Waals surface area contributed by atoms with Crippen LogP contribution in [0.1, 0.15) is 24.2 Å². The van der Waals surface area contributed by atoms with Gasteiger partial charge in [-0.3, -0.25) is 5.32 Å². The van der Waals surface area contributed by atoms with E-state index in [1.807, 2.05) is 42.6 Å². The molecule has 2 rings (SSSR count). The highest BCUT2D eigenvalue weighted by Crippen LogP contribution is 2.16. The average Bonchev–Trinajstić information content (AvgIpc) is 2.93. The minimum atomic E-state index is -0.429. The fourth-order valence-electron chi connectivity index (χ4n) is 1.74. The molecule has 0 saturated heterocycles. The molecule has 20 heavy (non-hydrogen) atoms. The fraction of sp³-hybridized carbons (Fsp3) is 0.286. The lowest BCUT2D eigenvalue weighted by Gasteiger charge is -2.16. The molecule has 1 aromatic carbocycles. The Morgan fingerprint density at radius 3 is 2.75 bits per heavy atom. The first-order valence-electron chi connectivity index (χ1n) is 6.40. The first-order valence-corrected chi connectivity index (χ1v) is 7.28. The van der Waals surface area contributed by atoms with Crippen LogP contribution in [0, 0.1) is 0 Å². The molecule has 0 aliphatic carbocycles. The summed E-state index contributed by atoms with van der Waals surface area (Å²) in [6, 6.07) is 8.55. The number of rotatable bonds is 5. The van der Waals surface area contributed by atoms with Gasteiger partial charge in [-0.25, -0.2) is 9.78 Å². The van der Waals surface area contributed by atoms with Gasteiger partial charge in [0.05, 0.1) is 18.3 Å². The summed E-state index contributed by atoms with van der Waals surface area (Å²) in [5.74, 6) is 0. The van der Waals surface area contributed by atoms with Crippen LogP contribution in [-0.4, -0.2) is 22.7 Å². The molecule has 106 valence electrons. The summed E-state index contributed by atoms with van der Waals surface area (Å²) < 4.78 is 0. The van der Waals surface area contributed by atoms with E-state index in [0.717, 1.165) is 17.7 Å².